The van der Waals surface area contributed by atoms with Crippen molar-refractivity contribution in [3.05, 3.63) is 0 Å². The molecule has 0 aromatic heterocycles. The fourth-order valence-corrected chi connectivity index (χ4v) is 5.17. The minimum Gasteiger partial charge on any atom is -0.444 e. The fraction of sp³-hybridized carbons (Fsp3) is 0.947. The number of hydrogen-bond acceptors (Lipinski definition) is 5. The lowest BCUT2D eigenvalue weighted by Gasteiger charge is -2.45. The first-order valence-electron chi connectivity index (χ1n) is 9.74. The van der Waals surface area contributed by atoms with Gasteiger partial charge in [0.2, 0.25) is 0 Å². The zero-order chi connectivity index (χ0) is 20.7. The molecular formula is C19H42N3O3P. The quantitative estimate of drug-likeness (QED) is 0.420. The lowest BCUT2D eigenvalue weighted by atomic mass is 10.2. The van der Waals surface area contributed by atoms with E-state index in [-0.39, 0.29) is 0 Å². The van der Waals surface area contributed by atoms with E-state index in [0.29, 0.717) is 37.3 Å². The molecule has 26 heavy (non-hydrogen) atoms. The van der Waals surface area contributed by atoms with Crippen LogP contribution >= 0.6 is 8.45 Å². The monoisotopic (exact) mass is 391 g/mol. The summed E-state index contributed by atoms with van der Waals surface area (Å²) in [5, 5.41) is 2.78. The van der Waals surface area contributed by atoms with E-state index in [2.05, 4.69) is 70.0 Å². The van der Waals surface area contributed by atoms with Gasteiger partial charge >= 0.3 is 6.09 Å². The molecule has 0 saturated carbocycles. The zero-order valence-corrected chi connectivity index (χ0v) is 19.7. The van der Waals surface area contributed by atoms with E-state index >= 15 is 0 Å². The first-order chi connectivity index (χ1) is 11.8. The Hall–Kier alpha value is -0.420. The Morgan fingerprint density at radius 3 is 1.58 bits per heavy atom. The molecule has 0 saturated heterocycles. The Kier molecular flexibility index (Phi) is 11.2. The van der Waals surface area contributed by atoms with Crippen LogP contribution in [-0.2, 0) is 9.26 Å². The summed E-state index contributed by atoms with van der Waals surface area (Å²) in [7, 11) is -0.928. The molecule has 0 spiro atoms. The van der Waals surface area contributed by atoms with Crippen molar-refractivity contribution in [2.75, 3.05) is 13.2 Å². The second-order valence-electron chi connectivity index (χ2n) is 8.65. The predicted molar refractivity (Wildman–Crippen MR) is 111 cm³/mol. The molecule has 0 unspecified atom stereocenters. The summed E-state index contributed by atoms with van der Waals surface area (Å²) in [6, 6.07) is 1.50. The number of nitrogens with one attached hydrogen (secondary N) is 1. The Morgan fingerprint density at radius 2 is 1.27 bits per heavy atom. The number of rotatable bonds is 10. The van der Waals surface area contributed by atoms with Gasteiger partial charge < -0.3 is 14.6 Å². The molecule has 1 amide bonds. The van der Waals surface area contributed by atoms with Crippen LogP contribution in [0.4, 0.5) is 4.79 Å². The van der Waals surface area contributed by atoms with Crippen LogP contribution in [0.5, 0.6) is 0 Å². The van der Waals surface area contributed by atoms with Crippen molar-refractivity contribution in [1.82, 2.24) is 14.7 Å². The SMILES string of the molecule is CC(C)N(C(C)C)P(OCCNC(=O)OC(C)(C)C)N(C(C)C)C(C)C. The molecule has 0 bridgehead atoms. The van der Waals surface area contributed by atoms with Crippen molar-refractivity contribution >= 4 is 14.5 Å². The number of amides is 1. The topological polar surface area (TPSA) is 54.0 Å². The number of carbonyl (C=O) groups excluding carboxylic acids is 1. The highest BCUT2D eigenvalue weighted by atomic mass is 31.2. The molecule has 0 heterocycles. The van der Waals surface area contributed by atoms with E-state index in [9.17, 15) is 4.79 Å². The molecule has 0 aliphatic rings. The molecule has 0 aliphatic carbocycles. The minimum atomic E-state index is -0.928. The standard InChI is InChI=1S/C19H42N3O3P/c1-14(2)21(15(3)4)26(22(16(5)6)17(7)8)24-13-12-20-18(23)25-19(9,10)11/h14-17H,12-13H2,1-11H3,(H,20,23). The maximum absolute atomic E-state index is 11.8. The lowest BCUT2D eigenvalue weighted by molar-refractivity contribution is 0.0518. The van der Waals surface area contributed by atoms with E-state index in [1.165, 1.54) is 0 Å². The summed E-state index contributed by atoms with van der Waals surface area (Å²) >= 11 is 0. The summed E-state index contributed by atoms with van der Waals surface area (Å²) in [6.45, 7) is 24.1. The van der Waals surface area contributed by atoms with E-state index < -0.39 is 20.1 Å². The summed E-state index contributed by atoms with van der Waals surface area (Å²) < 4.78 is 16.5. The highest BCUT2D eigenvalue weighted by molar-refractivity contribution is 7.47. The first-order valence-corrected chi connectivity index (χ1v) is 10.9. The van der Waals surface area contributed by atoms with Crippen LogP contribution in [0.3, 0.4) is 0 Å². The average molecular weight is 392 g/mol. The van der Waals surface area contributed by atoms with Gasteiger partial charge in [0.15, 0.2) is 8.45 Å². The van der Waals surface area contributed by atoms with Gasteiger partial charge in [-0.15, -0.1) is 0 Å². The van der Waals surface area contributed by atoms with Gasteiger partial charge in [0.05, 0.1) is 6.61 Å². The van der Waals surface area contributed by atoms with Crippen molar-refractivity contribution in [3.8, 4) is 0 Å². The third-order valence-electron chi connectivity index (χ3n) is 3.49. The summed E-state index contributed by atoms with van der Waals surface area (Å²) in [5.74, 6) is 0. The molecule has 1 N–H and O–H groups in total. The van der Waals surface area contributed by atoms with Gasteiger partial charge in [0.1, 0.15) is 5.60 Å². The van der Waals surface area contributed by atoms with E-state index in [1.807, 2.05) is 20.8 Å². The van der Waals surface area contributed by atoms with Crippen molar-refractivity contribution in [1.29, 1.82) is 0 Å². The van der Waals surface area contributed by atoms with Gasteiger partial charge in [-0.25, -0.2) is 14.1 Å². The molecular weight excluding hydrogens is 349 g/mol. The van der Waals surface area contributed by atoms with Crippen LogP contribution in [0.25, 0.3) is 0 Å². The number of carbonyl (C=O) groups is 1. The van der Waals surface area contributed by atoms with Gasteiger partial charge in [-0.05, 0) is 76.2 Å². The van der Waals surface area contributed by atoms with Crippen LogP contribution in [0.15, 0.2) is 0 Å². The van der Waals surface area contributed by atoms with E-state index in [0.717, 1.165) is 0 Å². The number of alkyl carbamates (subject to hydrolysis) is 1. The maximum atomic E-state index is 11.8. The van der Waals surface area contributed by atoms with Gasteiger partial charge in [-0.1, -0.05) is 0 Å². The Bertz CT molecular complexity index is 373. The smallest absolute Gasteiger partial charge is 0.407 e. The third kappa shape index (κ3) is 9.50. The van der Waals surface area contributed by atoms with Gasteiger partial charge in [0, 0.05) is 30.7 Å². The highest BCUT2D eigenvalue weighted by Crippen LogP contribution is 2.50. The van der Waals surface area contributed by atoms with Crippen LogP contribution in [0, 0.1) is 0 Å². The Balaban J connectivity index is 5.00. The van der Waals surface area contributed by atoms with E-state index in [1.54, 1.807) is 0 Å². The molecule has 0 aromatic carbocycles. The molecule has 0 fully saturated rings. The fourth-order valence-electron chi connectivity index (χ4n) is 2.83. The normalized spacial score (nSPS) is 13.2. The molecule has 7 heteroatoms. The minimum absolute atomic E-state index is 0.375. The molecule has 0 aliphatic heterocycles. The highest BCUT2D eigenvalue weighted by Gasteiger charge is 2.34. The third-order valence-corrected chi connectivity index (χ3v) is 6.54. The second-order valence-corrected chi connectivity index (χ2v) is 10.3. The number of ether oxygens (including phenoxy) is 1. The van der Waals surface area contributed by atoms with Crippen LogP contribution in [-0.4, -0.2) is 58.4 Å². The summed E-state index contributed by atoms with van der Waals surface area (Å²) in [5.41, 5.74) is -0.490. The lowest BCUT2D eigenvalue weighted by Crippen LogP contribution is -2.43. The molecule has 6 nitrogen and oxygen atoms in total. The van der Waals surface area contributed by atoms with Crippen molar-refractivity contribution < 1.29 is 14.1 Å². The van der Waals surface area contributed by atoms with Crippen molar-refractivity contribution in [2.24, 2.45) is 0 Å². The largest absolute Gasteiger partial charge is 0.444 e. The first kappa shape index (κ1) is 25.6. The van der Waals surface area contributed by atoms with Gasteiger partial charge in [-0.3, -0.25) is 0 Å². The second kappa shape index (κ2) is 11.4. The van der Waals surface area contributed by atoms with E-state index in [4.69, 9.17) is 9.26 Å². The average Bonchev–Trinajstić information content (AvgIpc) is 2.39. The maximum Gasteiger partial charge on any atom is 0.407 e. The molecule has 156 valence electrons. The Labute approximate surface area is 162 Å². The van der Waals surface area contributed by atoms with Crippen LogP contribution < -0.4 is 5.32 Å². The van der Waals surface area contributed by atoms with Gasteiger partial charge in [0.25, 0.3) is 0 Å². The van der Waals surface area contributed by atoms with Crippen molar-refractivity contribution in [3.63, 3.8) is 0 Å². The number of hydrogen-bond donors (Lipinski definition) is 1. The summed E-state index contributed by atoms with van der Waals surface area (Å²) in [6.07, 6.45) is -0.403. The van der Waals surface area contributed by atoms with Gasteiger partial charge in [-0.2, -0.15) is 0 Å². The zero-order valence-electron chi connectivity index (χ0n) is 18.8. The Morgan fingerprint density at radius 1 is 0.885 bits per heavy atom. The van der Waals surface area contributed by atoms with Crippen LogP contribution in [0.2, 0.25) is 0 Å². The van der Waals surface area contributed by atoms with Crippen molar-refractivity contribution in [2.45, 2.75) is 106 Å². The molecule has 0 atom stereocenters. The number of nitrogens with zero attached hydrogens (tertiary/aromatic N) is 2. The molecule has 0 radical (unpaired) electrons. The molecule has 0 rings (SSSR count). The predicted octanol–water partition coefficient (Wildman–Crippen LogP) is 4.99. The molecule has 0 aromatic rings. The summed E-state index contributed by atoms with van der Waals surface area (Å²) in [4.78, 5) is 11.8. The van der Waals surface area contributed by atoms with Crippen LogP contribution in [0.1, 0.15) is 76.2 Å².